The largest absolute Gasteiger partial charge is 0.462 e. The number of benzene rings is 2. The van der Waals surface area contributed by atoms with Gasteiger partial charge in [0.1, 0.15) is 0 Å². The molecular weight excluding hydrogens is 266 g/mol. The quantitative estimate of drug-likeness (QED) is 0.546. The number of hydrogen-bond acceptors (Lipinski definition) is 3. The summed E-state index contributed by atoms with van der Waals surface area (Å²) in [4.78, 5) is 23.6. The summed E-state index contributed by atoms with van der Waals surface area (Å²) >= 11 is 0. The van der Waals surface area contributed by atoms with E-state index >= 15 is 0 Å². The fourth-order valence-corrected chi connectivity index (χ4v) is 2.80. The SMILES string of the molecule is CCOC(=O)c1c(C=O)n(C)c2c1ccc1ccccc12. The summed E-state index contributed by atoms with van der Waals surface area (Å²) in [7, 11) is 1.79. The number of ether oxygens (including phenoxy) is 1. The Balaban J connectivity index is 2.45. The Morgan fingerprint density at radius 1 is 1.19 bits per heavy atom. The lowest BCUT2D eigenvalue weighted by Gasteiger charge is -2.03. The van der Waals surface area contributed by atoms with Crippen LogP contribution < -0.4 is 0 Å². The minimum absolute atomic E-state index is 0.279. The monoisotopic (exact) mass is 281 g/mol. The highest BCUT2D eigenvalue weighted by atomic mass is 16.5. The lowest BCUT2D eigenvalue weighted by molar-refractivity contribution is 0.0526. The van der Waals surface area contributed by atoms with Crippen molar-refractivity contribution in [2.24, 2.45) is 7.05 Å². The second kappa shape index (κ2) is 5.05. The van der Waals surface area contributed by atoms with Crippen molar-refractivity contribution in [1.82, 2.24) is 4.57 Å². The molecule has 0 saturated heterocycles. The second-order valence-electron chi connectivity index (χ2n) is 4.84. The minimum atomic E-state index is -0.458. The van der Waals surface area contributed by atoms with Crippen LogP contribution in [0.2, 0.25) is 0 Å². The third kappa shape index (κ3) is 1.91. The smallest absolute Gasteiger partial charge is 0.341 e. The Kier molecular flexibility index (Phi) is 3.22. The molecule has 0 atom stereocenters. The number of aryl methyl sites for hydroxylation is 1. The zero-order valence-corrected chi connectivity index (χ0v) is 11.9. The van der Waals surface area contributed by atoms with Gasteiger partial charge in [0, 0.05) is 17.8 Å². The van der Waals surface area contributed by atoms with Gasteiger partial charge in [-0.25, -0.2) is 4.79 Å². The summed E-state index contributed by atoms with van der Waals surface area (Å²) < 4.78 is 6.85. The van der Waals surface area contributed by atoms with Crippen LogP contribution in [0.15, 0.2) is 36.4 Å². The molecule has 0 aliphatic heterocycles. The molecule has 21 heavy (non-hydrogen) atoms. The number of aromatic nitrogens is 1. The molecule has 0 fully saturated rings. The van der Waals surface area contributed by atoms with E-state index in [1.807, 2.05) is 36.4 Å². The molecule has 4 heteroatoms. The number of hydrogen-bond donors (Lipinski definition) is 0. The zero-order chi connectivity index (χ0) is 15.0. The fourth-order valence-electron chi connectivity index (χ4n) is 2.80. The van der Waals surface area contributed by atoms with Crippen LogP contribution in [0.4, 0.5) is 0 Å². The van der Waals surface area contributed by atoms with Crippen LogP contribution in [0.3, 0.4) is 0 Å². The van der Waals surface area contributed by atoms with Crippen molar-refractivity contribution in [2.45, 2.75) is 6.92 Å². The van der Waals surface area contributed by atoms with Gasteiger partial charge in [-0.3, -0.25) is 4.79 Å². The summed E-state index contributed by atoms with van der Waals surface area (Å²) in [6.45, 7) is 2.03. The molecule has 0 amide bonds. The predicted octanol–water partition coefficient (Wildman–Crippen LogP) is 3.32. The number of esters is 1. The van der Waals surface area contributed by atoms with Gasteiger partial charge in [0.15, 0.2) is 6.29 Å². The summed E-state index contributed by atoms with van der Waals surface area (Å²) in [5.41, 5.74) is 1.56. The van der Waals surface area contributed by atoms with Gasteiger partial charge in [-0.05, 0) is 12.3 Å². The van der Waals surface area contributed by atoms with Gasteiger partial charge >= 0.3 is 5.97 Å². The van der Waals surface area contributed by atoms with E-state index in [-0.39, 0.29) is 6.61 Å². The van der Waals surface area contributed by atoms with Gasteiger partial charge < -0.3 is 9.30 Å². The van der Waals surface area contributed by atoms with E-state index in [1.54, 1.807) is 18.5 Å². The van der Waals surface area contributed by atoms with Gasteiger partial charge in [-0.15, -0.1) is 0 Å². The van der Waals surface area contributed by atoms with Gasteiger partial charge in [0.25, 0.3) is 0 Å². The molecule has 0 unspecified atom stereocenters. The molecule has 0 bridgehead atoms. The molecule has 1 aromatic heterocycles. The van der Waals surface area contributed by atoms with Crippen LogP contribution in [0.25, 0.3) is 21.7 Å². The van der Waals surface area contributed by atoms with Crippen molar-refractivity contribution in [3.05, 3.63) is 47.7 Å². The fraction of sp³-hybridized carbons (Fsp3) is 0.176. The Bertz CT molecular complexity index is 861. The summed E-state index contributed by atoms with van der Waals surface area (Å²) in [6.07, 6.45) is 0.709. The minimum Gasteiger partial charge on any atom is -0.462 e. The number of nitrogens with zero attached hydrogens (tertiary/aromatic N) is 1. The van der Waals surface area contributed by atoms with Gasteiger partial charge in [0.05, 0.1) is 23.4 Å². The first-order valence-corrected chi connectivity index (χ1v) is 6.81. The first-order chi connectivity index (χ1) is 10.2. The zero-order valence-electron chi connectivity index (χ0n) is 11.9. The number of aldehydes is 1. The third-order valence-corrected chi connectivity index (χ3v) is 3.71. The molecule has 3 rings (SSSR count). The lowest BCUT2D eigenvalue weighted by atomic mass is 10.0. The molecular formula is C17H15NO3. The Morgan fingerprint density at radius 2 is 1.95 bits per heavy atom. The maximum Gasteiger partial charge on any atom is 0.341 e. The van der Waals surface area contributed by atoms with Crippen LogP contribution >= 0.6 is 0 Å². The van der Waals surface area contributed by atoms with Crippen LogP contribution in [0, 0.1) is 0 Å². The normalized spacial score (nSPS) is 11.0. The molecule has 0 N–H and O–H groups in total. The van der Waals surface area contributed by atoms with E-state index in [2.05, 4.69) is 0 Å². The number of fused-ring (bicyclic) bond motifs is 3. The topological polar surface area (TPSA) is 48.3 Å². The molecule has 0 aliphatic carbocycles. The van der Waals surface area contributed by atoms with Crippen LogP contribution in [0.5, 0.6) is 0 Å². The average molecular weight is 281 g/mol. The summed E-state index contributed by atoms with van der Waals surface area (Å²) in [5.74, 6) is -0.458. The van der Waals surface area contributed by atoms with Crippen molar-refractivity contribution >= 4 is 33.9 Å². The number of carbonyl (C=O) groups excluding carboxylic acids is 2. The summed E-state index contributed by atoms with van der Waals surface area (Å²) in [6, 6.07) is 11.7. The van der Waals surface area contributed by atoms with Gasteiger partial charge in [-0.2, -0.15) is 0 Å². The Hall–Kier alpha value is -2.62. The van der Waals surface area contributed by atoms with E-state index in [1.165, 1.54) is 0 Å². The van der Waals surface area contributed by atoms with Crippen molar-refractivity contribution in [3.8, 4) is 0 Å². The van der Waals surface area contributed by atoms with Crippen LogP contribution in [-0.2, 0) is 11.8 Å². The van der Waals surface area contributed by atoms with E-state index < -0.39 is 5.97 Å². The predicted molar refractivity (Wildman–Crippen MR) is 81.8 cm³/mol. The highest BCUT2D eigenvalue weighted by molar-refractivity contribution is 6.17. The van der Waals surface area contributed by atoms with Crippen molar-refractivity contribution < 1.29 is 14.3 Å². The molecule has 0 aliphatic rings. The van der Waals surface area contributed by atoms with Crippen LogP contribution in [0.1, 0.15) is 27.8 Å². The van der Waals surface area contributed by atoms with Crippen molar-refractivity contribution in [3.63, 3.8) is 0 Å². The van der Waals surface area contributed by atoms with Gasteiger partial charge in [-0.1, -0.05) is 36.4 Å². The lowest BCUT2D eigenvalue weighted by Crippen LogP contribution is -2.08. The first kappa shape index (κ1) is 13.4. The molecule has 0 radical (unpaired) electrons. The molecule has 0 spiro atoms. The Morgan fingerprint density at radius 3 is 2.67 bits per heavy atom. The van der Waals surface area contributed by atoms with E-state index in [0.717, 1.165) is 21.7 Å². The number of rotatable bonds is 3. The van der Waals surface area contributed by atoms with Crippen LogP contribution in [-0.4, -0.2) is 23.4 Å². The highest BCUT2D eigenvalue weighted by Gasteiger charge is 2.22. The third-order valence-electron chi connectivity index (χ3n) is 3.71. The molecule has 4 nitrogen and oxygen atoms in total. The maximum absolute atomic E-state index is 12.2. The second-order valence-corrected chi connectivity index (χ2v) is 4.84. The highest BCUT2D eigenvalue weighted by Crippen LogP contribution is 2.31. The van der Waals surface area contributed by atoms with E-state index in [0.29, 0.717) is 17.5 Å². The van der Waals surface area contributed by atoms with E-state index in [9.17, 15) is 9.59 Å². The van der Waals surface area contributed by atoms with Crippen molar-refractivity contribution in [2.75, 3.05) is 6.61 Å². The molecule has 2 aromatic carbocycles. The standard InChI is InChI=1S/C17H15NO3/c1-3-21-17(20)15-13-9-8-11-6-4-5-7-12(11)16(13)18(2)14(15)10-19/h4-10H,3H2,1-2H3. The summed E-state index contributed by atoms with van der Waals surface area (Å²) in [5, 5.41) is 2.83. The molecule has 106 valence electrons. The van der Waals surface area contributed by atoms with E-state index in [4.69, 9.17) is 4.74 Å². The molecule has 0 saturated carbocycles. The molecule has 3 aromatic rings. The molecule has 1 heterocycles. The first-order valence-electron chi connectivity index (χ1n) is 6.81. The average Bonchev–Trinajstić information content (AvgIpc) is 2.80. The Labute approximate surface area is 121 Å². The number of carbonyl (C=O) groups is 2. The van der Waals surface area contributed by atoms with Crippen molar-refractivity contribution in [1.29, 1.82) is 0 Å². The van der Waals surface area contributed by atoms with Gasteiger partial charge in [0.2, 0.25) is 0 Å². The maximum atomic E-state index is 12.2.